The van der Waals surface area contributed by atoms with E-state index in [0.717, 1.165) is 5.92 Å². The fourth-order valence-corrected chi connectivity index (χ4v) is 27.3. The van der Waals surface area contributed by atoms with Gasteiger partial charge >= 0.3 is 224 Å². The molecule has 2 heteroatoms. The Kier molecular flexibility index (Phi) is 27.9. The van der Waals surface area contributed by atoms with Gasteiger partial charge in [-0.05, 0) is 0 Å². The van der Waals surface area contributed by atoms with Crippen molar-refractivity contribution >= 4 is 32.6 Å². The molecule has 248 valence electrons. The standard InChI is InChI=1S/C28H51S.3C4H9.Sn/c1-3-5-7-9-11-13-14-16-18-20-22-27(25-28-23-24-29-26-28)21-19-17-15-12-10-8-6-4-2;3*1-3-4-2;/h23,26-27H,3-22,25H2,1-2H3;3*1,3-4H2,2H3;. The first-order chi connectivity index (χ1) is 20.7. The number of hydrogen-bond acceptors (Lipinski definition) is 1. The Bertz CT molecular complexity index is 657. The summed E-state index contributed by atoms with van der Waals surface area (Å²) in [5.41, 5.74) is 1.73. The third kappa shape index (κ3) is 19.8. The van der Waals surface area contributed by atoms with E-state index >= 15 is 0 Å². The van der Waals surface area contributed by atoms with Crippen LogP contribution in [0.5, 0.6) is 0 Å². The average Bonchev–Trinajstić information content (AvgIpc) is 3.48. The topological polar surface area (TPSA) is 0 Å². The molecule has 1 aromatic rings. The molecule has 42 heavy (non-hydrogen) atoms. The second-order valence-electron chi connectivity index (χ2n) is 14.2. The maximum absolute atomic E-state index is 2.81. The summed E-state index contributed by atoms with van der Waals surface area (Å²) in [5.74, 6) is 0.924. The monoisotopic (exact) mass is 710 g/mol. The van der Waals surface area contributed by atoms with Gasteiger partial charge in [0.05, 0.1) is 0 Å². The Hall–Kier alpha value is 0.499. The van der Waals surface area contributed by atoms with Crippen molar-refractivity contribution in [3.8, 4) is 0 Å². The van der Waals surface area contributed by atoms with Gasteiger partial charge < -0.3 is 0 Å². The summed E-state index contributed by atoms with van der Waals surface area (Å²) < 4.78 is 6.81. The zero-order valence-electron chi connectivity index (χ0n) is 29.9. The fourth-order valence-electron chi connectivity index (χ4n) is 7.22. The molecule has 0 saturated carbocycles. The molecule has 0 aliphatic rings. The van der Waals surface area contributed by atoms with Crippen molar-refractivity contribution < 1.29 is 0 Å². The molecule has 0 aromatic carbocycles. The van der Waals surface area contributed by atoms with Gasteiger partial charge in [-0.3, -0.25) is 0 Å². The molecule has 0 aliphatic carbocycles. The van der Waals surface area contributed by atoms with Crippen molar-refractivity contribution in [3.05, 3.63) is 17.0 Å². The molecule has 1 rings (SSSR count). The van der Waals surface area contributed by atoms with E-state index in [1.165, 1.54) is 173 Å². The molecular weight excluding hydrogens is 631 g/mol. The van der Waals surface area contributed by atoms with Crippen LogP contribution in [-0.2, 0) is 6.42 Å². The number of unbranched alkanes of at least 4 members (excludes halogenated alkanes) is 19. The Balaban J connectivity index is 2.70. The van der Waals surface area contributed by atoms with Crippen molar-refractivity contribution in [2.45, 2.75) is 221 Å². The molecular formula is C40H78SSn. The molecule has 0 bridgehead atoms. The van der Waals surface area contributed by atoms with Crippen LogP contribution in [0.3, 0.4) is 0 Å². The minimum absolute atomic E-state index is 0.924. The Morgan fingerprint density at radius 2 is 0.833 bits per heavy atom. The molecule has 1 heterocycles. The Morgan fingerprint density at radius 3 is 1.21 bits per heavy atom. The fraction of sp³-hybridized carbons (Fsp3) is 0.900. The van der Waals surface area contributed by atoms with Crippen LogP contribution in [0.1, 0.15) is 207 Å². The summed E-state index contributed by atoms with van der Waals surface area (Å²) in [6.07, 6.45) is 39.1. The number of rotatable bonds is 32. The quantitative estimate of drug-likeness (QED) is 0.0516. The molecule has 1 aromatic heterocycles. The minimum atomic E-state index is -2.28. The molecule has 0 aliphatic heterocycles. The van der Waals surface area contributed by atoms with Crippen molar-refractivity contribution in [2.24, 2.45) is 5.92 Å². The van der Waals surface area contributed by atoms with Crippen LogP contribution in [0.4, 0.5) is 0 Å². The average molecular weight is 710 g/mol. The van der Waals surface area contributed by atoms with Gasteiger partial charge in [-0.25, -0.2) is 0 Å². The zero-order chi connectivity index (χ0) is 30.6. The van der Waals surface area contributed by atoms with Gasteiger partial charge in [-0.15, -0.1) is 0 Å². The van der Waals surface area contributed by atoms with Gasteiger partial charge in [0.25, 0.3) is 0 Å². The van der Waals surface area contributed by atoms with Crippen LogP contribution in [0.25, 0.3) is 0 Å². The summed E-state index contributed by atoms with van der Waals surface area (Å²) in [6, 6.07) is 2.81. The van der Waals surface area contributed by atoms with Gasteiger partial charge in [0.2, 0.25) is 0 Å². The molecule has 0 amide bonds. The van der Waals surface area contributed by atoms with E-state index in [4.69, 9.17) is 0 Å². The number of hydrogen-bond donors (Lipinski definition) is 0. The summed E-state index contributed by atoms with van der Waals surface area (Å²) in [7, 11) is 0. The maximum atomic E-state index is 2.81. The van der Waals surface area contributed by atoms with E-state index in [0.29, 0.717) is 0 Å². The third-order valence-corrected chi connectivity index (χ3v) is 29.5. The van der Waals surface area contributed by atoms with E-state index < -0.39 is 18.4 Å². The van der Waals surface area contributed by atoms with Gasteiger partial charge in [0, 0.05) is 0 Å². The van der Waals surface area contributed by atoms with E-state index in [1.54, 1.807) is 18.9 Å². The zero-order valence-corrected chi connectivity index (χ0v) is 33.5. The molecule has 0 fully saturated rings. The van der Waals surface area contributed by atoms with Gasteiger partial charge in [-0.2, -0.15) is 0 Å². The van der Waals surface area contributed by atoms with E-state index in [1.807, 2.05) is 2.89 Å². The SMILES string of the molecule is CCCCCCCCCCCCC(CCCCCCCCCC)Cc1cs[c]([Sn]([CH2]CCC)([CH2]CCC)[CH2]CCC)c1. The third-order valence-electron chi connectivity index (χ3n) is 10.2. The molecule has 1 unspecified atom stereocenters. The molecule has 0 saturated heterocycles. The van der Waals surface area contributed by atoms with Gasteiger partial charge in [0.15, 0.2) is 0 Å². The van der Waals surface area contributed by atoms with Crippen LogP contribution < -0.4 is 2.89 Å². The molecule has 0 radical (unpaired) electrons. The second kappa shape index (κ2) is 28.9. The first kappa shape index (κ1) is 40.5. The first-order valence-electron chi connectivity index (χ1n) is 19.7. The summed E-state index contributed by atoms with van der Waals surface area (Å²) in [4.78, 5) is 0. The van der Waals surface area contributed by atoms with E-state index in [-0.39, 0.29) is 0 Å². The van der Waals surface area contributed by atoms with Crippen molar-refractivity contribution in [2.75, 3.05) is 0 Å². The second-order valence-corrected chi connectivity index (χ2v) is 29.3. The van der Waals surface area contributed by atoms with Gasteiger partial charge in [-0.1, -0.05) is 52.4 Å². The van der Waals surface area contributed by atoms with E-state index in [9.17, 15) is 0 Å². The molecule has 1 atom stereocenters. The van der Waals surface area contributed by atoms with Crippen molar-refractivity contribution in [3.63, 3.8) is 0 Å². The van der Waals surface area contributed by atoms with Crippen LogP contribution in [0, 0.1) is 5.92 Å². The van der Waals surface area contributed by atoms with Crippen LogP contribution in [-0.4, -0.2) is 18.4 Å². The first-order valence-corrected chi connectivity index (χ1v) is 28.1. The number of thiophene rings is 1. The Labute approximate surface area is 275 Å². The molecule has 0 N–H and O–H groups in total. The predicted molar refractivity (Wildman–Crippen MR) is 200 cm³/mol. The van der Waals surface area contributed by atoms with Crippen molar-refractivity contribution in [1.82, 2.24) is 0 Å². The molecule has 0 spiro atoms. The normalized spacial score (nSPS) is 12.8. The van der Waals surface area contributed by atoms with E-state index in [2.05, 4.69) is 57.4 Å². The van der Waals surface area contributed by atoms with Crippen LogP contribution in [0.2, 0.25) is 13.3 Å². The predicted octanol–water partition coefficient (Wildman–Crippen LogP) is 14.8. The summed E-state index contributed by atoms with van der Waals surface area (Å²) >= 11 is -0.0467. The van der Waals surface area contributed by atoms with Crippen LogP contribution in [0.15, 0.2) is 11.4 Å². The molecule has 0 nitrogen and oxygen atoms in total. The summed E-state index contributed by atoms with van der Waals surface area (Å²) in [5, 5.41) is 2.64. The van der Waals surface area contributed by atoms with Crippen molar-refractivity contribution in [1.29, 1.82) is 0 Å². The Morgan fingerprint density at radius 1 is 0.476 bits per heavy atom. The van der Waals surface area contributed by atoms with Gasteiger partial charge in [0.1, 0.15) is 0 Å². The van der Waals surface area contributed by atoms with Crippen LogP contribution >= 0.6 is 11.3 Å². The summed E-state index contributed by atoms with van der Waals surface area (Å²) in [6.45, 7) is 11.9.